The van der Waals surface area contributed by atoms with Crippen LogP contribution in [0.25, 0.3) is 11.5 Å². The number of hydrogen-bond donors (Lipinski definition) is 0. The maximum Gasteiger partial charge on any atom is 0.276 e. The third kappa shape index (κ3) is 3.74. The highest BCUT2D eigenvalue weighted by atomic mass is 32.2. The fourth-order valence-electron chi connectivity index (χ4n) is 2.08. The second-order valence-electron chi connectivity index (χ2n) is 4.88. The third-order valence-corrected chi connectivity index (χ3v) is 4.20. The van der Waals surface area contributed by atoms with E-state index in [9.17, 15) is 0 Å². The molecule has 5 heteroatoms. The summed E-state index contributed by atoms with van der Waals surface area (Å²) in [4.78, 5) is 3.98. The average molecular weight is 311 g/mol. The van der Waals surface area contributed by atoms with Gasteiger partial charge in [0.2, 0.25) is 5.89 Å². The Bertz CT molecular complexity index is 710. The zero-order chi connectivity index (χ0) is 15.2. The molecule has 2 heterocycles. The largest absolute Gasteiger partial charge is 0.411 e. The molecule has 0 amide bonds. The number of rotatable bonds is 6. The number of nitrogens with zero attached hydrogens (tertiary/aromatic N) is 3. The second-order valence-corrected chi connectivity index (χ2v) is 5.92. The van der Waals surface area contributed by atoms with Gasteiger partial charge in [0.1, 0.15) is 0 Å². The Morgan fingerprint density at radius 2 is 1.68 bits per heavy atom. The van der Waals surface area contributed by atoms with Gasteiger partial charge < -0.3 is 4.42 Å². The van der Waals surface area contributed by atoms with Crippen LogP contribution in [0.2, 0.25) is 0 Å². The molecule has 1 aromatic carbocycles. The minimum absolute atomic E-state index is 0.539. The van der Waals surface area contributed by atoms with E-state index in [4.69, 9.17) is 4.42 Å². The monoisotopic (exact) mass is 311 g/mol. The summed E-state index contributed by atoms with van der Waals surface area (Å²) in [7, 11) is 0. The number of aryl methyl sites for hydroxylation is 2. The van der Waals surface area contributed by atoms with Crippen LogP contribution in [-0.2, 0) is 12.8 Å². The lowest BCUT2D eigenvalue weighted by molar-refractivity contribution is 0.466. The van der Waals surface area contributed by atoms with Crippen LogP contribution >= 0.6 is 11.8 Å². The van der Waals surface area contributed by atoms with Crippen molar-refractivity contribution >= 4 is 11.8 Å². The van der Waals surface area contributed by atoms with Crippen molar-refractivity contribution in [1.29, 1.82) is 0 Å². The van der Waals surface area contributed by atoms with E-state index >= 15 is 0 Å². The minimum atomic E-state index is 0.539. The van der Waals surface area contributed by atoms with Crippen LogP contribution in [0.4, 0.5) is 0 Å². The summed E-state index contributed by atoms with van der Waals surface area (Å²) >= 11 is 1.58. The summed E-state index contributed by atoms with van der Waals surface area (Å²) in [5.74, 6) is 1.46. The molecule has 22 heavy (non-hydrogen) atoms. The summed E-state index contributed by atoms with van der Waals surface area (Å²) in [6.07, 6.45) is 5.50. The van der Waals surface area contributed by atoms with Crippen LogP contribution in [-0.4, -0.2) is 20.9 Å². The van der Waals surface area contributed by atoms with Crippen molar-refractivity contribution in [2.24, 2.45) is 0 Å². The molecule has 0 aliphatic carbocycles. The van der Waals surface area contributed by atoms with Gasteiger partial charge in [0.15, 0.2) is 0 Å². The maximum atomic E-state index is 5.66. The van der Waals surface area contributed by atoms with Crippen LogP contribution in [0.3, 0.4) is 0 Å². The molecule has 4 nitrogen and oxygen atoms in total. The van der Waals surface area contributed by atoms with Gasteiger partial charge in [0.05, 0.1) is 0 Å². The quantitative estimate of drug-likeness (QED) is 0.643. The van der Waals surface area contributed by atoms with Gasteiger partial charge in [-0.25, -0.2) is 0 Å². The first-order valence-electron chi connectivity index (χ1n) is 7.29. The topological polar surface area (TPSA) is 51.8 Å². The first-order chi connectivity index (χ1) is 10.8. The highest BCUT2D eigenvalue weighted by Gasteiger charge is 2.08. The van der Waals surface area contributed by atoms with Crippen molar-refractivity contribution in [3.63, 3.8) is 0 Å². The Kier molecular flexibility index (Phi) is 4.85. The van der Waals surface area contributed by atoms with Gasteiger partial charge in [-0.3, -0.25) is 4.98 Å². The van der Waals surface area contributed by atoms with Gasteiger partial charge in [-0.2, -0.15) is 0 Å². The Morgan fingerprint density at radius 1 is 0.955 bits per heavy atom. The maximum absolute atomic E-state index is 5.66. The predicted molar refractivity (Wildman–Crippen MR) is 87.8 cm³/mol. The Balaban J connectivity index is 1.54. The molecule has 0 saturated heterocycles. The second kappa shape index (κ2) is 7.22. The number of thioether (sulfide) groups is 1. The molecule has 3 aromatic rings. The van der Waals surface area contributed by atoms with E-state index in [0.717, 1.165) is 24.2 Å². The number of aromatic nitrogens is 3. The van der Waals surface area contributed by atoms with E-state index in [0.29, 0.717) is 11.1 Å². The summed E-state index contributed by atoms with van der Waals surface area (Å²) in [5.41, 5.74) is 3.60. The number of benzene rings is 1. The van der Waals surface area contributed by atoms with Crippen molar-refractivity contribution in [2.75, 3.05) is 5.75 Å². The molecule has 0 aliphatic heterocycles. The van der Waals surface area contributed by atoms with E-state index in [1.54, 1.807) is 24.2 Å². The Labute approximate surface area is 134 Å². The van der Waals surface area contributed by atoms with Crippen LogP contribution in [0.15, 0.2) is 58.4 Å². The Morgan fingerprint density at radius 3 is 2.41 bits per heavy atom. The fourth-order valence-corrected chi connectivity index (χ4v) is 2.83. The van der Waals surface area contributed by atoms with Gasteiger partial charge in [-0.05, 0) is 36.1 Å². The molecule has 0 atom stereocenters. The molecule has 0 aliphatic rings. The van der Waals surface area contributed by atoms with Crippen LogP contribution in [0.5, 0.6) is 0 Å². The summed E-state index contributed by atoms with van der Waals surface area (Å²) in [6, 6.07) is 12.5. The minimum Gasteiger partial charge on any atom is -0.411 e. The fraction of sp³-hybridized carbons (Fsp3) is 0.235. The molecule has 0 fully saturated rings. The lowest BCUT2D eigenvalue weighted by Gasteiger charge is -2.01. The third-order valence-electron chi connectivity index (χ3n) is 3.38. The molecule has 2 aromatic heterocycles. The lowest BCUT2D eigenvalue weighted by atomic mass is 10.1. The smallest absolute Gasteiger partial charge is 0.276 e. The molecule has 3 rings (SSSR count). The van der Waals surface area contributed by atoms with E-state index in [1.807, 2.05) is 12.1 Å². The standard InChI is InChI=1S/C17H17N3OS/c1-2-13-3-5-14(6-4-13)9-12-22-17-20-19-16(21-17)15-7-10-18-11-8-15/h3-8,10-11H,2,9,12H2,1H3. The van der Waals surface area contributed by atoms with Crippen molar-refractivity contribution in [3.8, 4) is 11.5 Å². The number of pyridine rings is 1. The van der Waals surface area contributed by atoms with Gasteiger partial charge in [0.25, 0.3) is 5.22 Å². The van der Waals surface area contributed by atoms with Crippen molar-refractivity contribution in [3.05, 3.63) is 59.9 Å². The summed E-state index contributed by atoms with van der Waals surface area (Å²) in [5, 5.41) is 8.75. The van der Waals surface area contributed by atoms with E-state index in [2.05, 4.69) is 46.4 Å². The first-order valence-corrected chi connectivity index (χ1v) is 8.28. The van der Waals surface area contributed by atoms with Crippen LogP contribution in [0, 0.1) is 0 Å². The van der Waals surface area contributed by atoms with E-state index < -0.39 is 0 Å². The van der Waals surface area contributed by atoms with Gasteiger partial charge in [-0.15, -0.1) is 10.2 Å². The van der Waals surface area contributed by atoms with Gasteiger partial charge in [-0.1, -0.05) is 43.0 Å². The van der Waals surface area contributed by atoms with E-state index in [1.165, 1.54) is 11.1 Å². The summed E-state index contributed by atoms with van der Waals surface area (Å²) in [6.45, 7) is 2.17. The van der Waals surface area contributed by atoms with E-state index in [-0.39, 0.29) is 0 Å². The molecule has 0 radical (unpaired) electrons. The first kappa shape index (κ1) is 14.8. The SMILES string of the molecule is CCc1ccc(CCSc2nnc(-c3ccncc3)o2)cc1. The van der Waals surface area contributed by atoms with Gasteiger partial charge >= 0.3 is 0 Å². The lowest BCUT2D eigenvalue weighted by Crippen LogP contribution is -1.89. The highest BCUT2D eigenvalue weighted by molar-refractivity contribution is 7.99. The van der Waals surface area contributed by atoms with Crippen molar-refractivity contribution < 1.29 is 4.42 Å². The Hall–Kier alpha value is -2.14. The zero-order valence-electron chi connectivity index (χ0n) is 12.4. The molecule has 0 spiro atoms. The van der Waals surface area contributed by atoms with Crippen molar-refractivity contribution in [1.82, 2.24) is 15.2 Å². The van der Waals surface area contributed by atoms with Crippen LogP contribution < -0.4 is 0 Å². The average Bonchev–Trinajstić information content (AvgIpc) is 3.05. The van der Waals surface area contributed by atoms with Gasteiger partial charge in [0, 0.05) is 23.7 Å². The molecular formula is C17H17N3OS. The predicted octanol–water partition coefficient (Wildman–Crippen LogP) is 4.03. The molecule has 0 unspecified atom stereocenters. The molecule has 112 valence electrons. The normalized spacial score (nSPS) is 10.8. The molecule has 0 N–H and O–H groups in total. The summed E-state index contributed by atoms with van der Waals surface area (Å²) < 4.78 is 5.66. The molecule has 0 bridgehead atoms. The van der Waals surface area contributed by atoms with Crippen molar-refractivity contribution in [2.45, 2.75) is 25.0 Å². The molecule has 0 saturated carbocycles. The number of hydrogen-bond acceptors (Lipinski definition) is 5. The van der Waals surface area contributed by atoms with Crippen LogP contribution in [0.1, 0.15) is 18.1 Å². The molecular weight excluding hydrogens is 294 g/mol. The highest BCUT2D eigenvalue weighted by Crippen LogP contribution is 2.23. The zero-order valence-corrected chi connectivity index (χ0v) is 13.2.